The van der Waals surface area contributed by atoms with Crippen molar-refractivity contribution in [3.8, 4) is 5.75 Å². The highest BCUT2D eigenvalue weighted by atomic mass is 35.5. The molecule has 26 heavy (non-hydrogen) atoms. The molecule has 1 amide bonds. The number of sulfonamides is 1. The number of carbonyl (C=O) groups excluding carboxylic acids is 1. The fourth-order valence-corrected chi connectivity index (χ4v) is 3.92. The van der Waals surface area contributed by atoms with E-state index in [9.17, 15) is 13.2 Å². The van der Waals surface area contributed by atoms with Gasteiger partial charge >= 0.3 is 0 Å². The van der Waals surface area contributed by atoms with E-state index in [1.54, 1.807) is 41.3 Å². The normalized spacial score (nSPS) is 13.8. The van der Waals surface area contributed by atoms with Crippen LogP contribution in [0.25, 0.3) is 0 Å². The van der Waals surface area contributed by atoms with E-state index in [1.807, 2.05) is 0 Å². The summed E-state index contributed by atoms with van der Waals surface area (Å²) in [5.41, 5.74) is 1.56. The second kappa shape index (κ2) is 7.26. The number of amides is 1. The molecular weight excluding hydrogens is 376 g/mol. The highest BCUT2D eigenvalue weighted by molar-refractivity contribution is 7.89. The summed E-state index contributed by atoms with van der Waals surface area (Å²) in [5.74, 6) is 0.338. The number of benzene rings is 2. The average molecular weight is 395 g/mol. The van der Waals surface area contributed by atoms with Gasteiger partial charge in [0, 0.05) is 31.4 Å². The Labute approximate surface area is 158 Å². The van der Waals surface area contributed by atoms with Crippen molar-refractivity contribution in [3.63, 3.8) is 0 Å². The summed E-state index contributed by atoms with van der Waals surface area (Å²) >= 11 is 5.90. The lowest BCUT2D eigenvalue weighted by molar-refractivity contribution is -0.120. The molecule has 0 N–H and O–H groups in total. The molecule has 0 aliphatic carbocycles. The Kier molecular flexibility index (Phi) is 5.22. The zero-order chi connectivity index (χ0) is 18.9. The van der Waals surface area contributed by atoms with Gasteiger partial charge in [-0.15, -0.1) is 0 Å². The van der Waals surface area contributed by atoms with Gasteiger partial charge in [0.1, 0.15) is 5.75 Å². The summed E-state index contributed by atoms with van der Waals surface area (Å²) in [6, 6.07) is 11.7. The second-order valence-corrected chi connectivity index (χ2v) is 8.71. The Bertz CT molecular complexity index is 944. The number of nitrogens with zero attached hydrogens (tertiary/aromatic N) is 2. The fourth-order valence-electron chi connectivity index (χ4n) is 2.79. The van der Waals surface area contributed by atoms with Crippen molar-refractivity contribution in [1.29, 1.82) is 0 Å². The Morgan fingerprint density at radius 1 is 1.23 bits per heavy atom. The predicted molar refractivity (Wildman–Crippen MR) is 100 cm³/mol. The lowest BCUT2D eigenvalue weighted by atomic mass is 10.2. The molecule has 0 radical (unpaired) electrons. The van der Waals surface area contributed by atoms with Gasteiger partial charge < -0.3 is 9.64 Å². The van der Waals surface area contributed by atoms with E-state index in [4.69, 9.17) is 16.3 Å². The first-order valence-corrected chi connectivity index (χ1v) is 9.85. The summed E-state index contributed by atoms with van der Waals surface area (Å²) in [6.07, 6.45) is 0.606. The van der Waals surface area contributed by atoms with E-state index < -0.39 is 10.0 Å². The number of ether oxygens (including phenoxy) is 1. The standard InChI is InChI=1S/C18H19ClN2O4S/c1-20(2)26(23,24)16-6-7-17-13(10-16)8-9-21(17)18(22)12-25-15-5-3-4-14(19)11-15/h3-7,10-11H,8-9,12H2,1-2H3. The van der Waals surface area contributed by atoms with Gasteiger partial charge in [0.25, 0.3) is 5.91 Å². The monoisotopic (exact) mass is 394 g/mol. The van der Waals surface area contributed by atoms with Gasteiger partial charge in [-0.3, -0.25) is 4.79 Å². The molecule has 0 fully saturated rings. The Hall–Kier alpha value is -2.09. The van der Waals surface area contributed by atoms with Crippen LogP contribution >= 0.6 is 11.6 Å². The van der Waals surface area contributed by atoms with Crippen molar-refractivity contribution in [1.82, 2.24) is 4.31 Å². The number of carbonyl (C=O) groups is 1. The Morgan fingerprint density at radius 2 is 2.00 bits per heavy atom. The van der Waals surface area contributed by atoms with Crippen LogP contribution in [0.2, 0.25) is 5.02 Å². The van der Waals surface area contributed by atoms with Crippen molar-refractivity contribution >= 4 is 33.2 Å². The van der Waals surface area contributed by atoms with Gasteiger partial charge in [-0.05, 0) is 48.4 Å². The number of rotatable bonds is 5. The van der Waals surface area contributed by atoms with Gasteiger partial charge in [0.2, 0.25) is 10.0 Å². The number of halogens is 1. The van der Waals surface area contributed by atoms with Crippen LogP contribution in [-0.2, 0) is 21.2 Å². The largest absolute Gasteiger partial charge is 0.484 e. The molecule has 2 aromatic rings. The smallest absolute Gasteiger partial charge is 0.264 e. The molecule has 0 unspecified atom stereocenters. The van der Waals surface area contributed by atoms with E-state index in [-0.39, 0.29) is 17.4 Å². The van der Waals surface area contributed by atoms with Crippen LogP contribution in [0.5, 0.6) is 5.75 Å². The highest BCUT2D eigenvalue weighted by Gasteiger charge is 2.27. The average Bonchev–Trinajstić information content (AvgIpc) is 3.03. The maximum atomic E-state index is 12.5. The highest BCUT2D eigenvalue weighted by Crippen LogP contribution is 2.31. The summed E-state index contributed by atoms with van der Waals surface area (Å²) in [5, 5.41) is 0.538. The van der Waals surface area contributed by atoms with E-state index in [1.165, 1.54) is 24.5 Å². The van der Waals surface area contributed by atoms with Crippen molar-refractivity contribution in [2.24, 2.45) is 0 Å². The maximum absolute atomic E-state index is 12.5. The number of hydrogen-bond donors (Lipinski definition) is 0. The molecule has 0 bridgehead atoms. The third-order valence-electron chi connectivity index (χ3n) is 4.18. The van der Waals surface area contributed by atoms with Gasteiger partial charge in [-0.25, -0.2) is 12.7 Å². The van der Waals surface area contributed by atoms with Gasteiger partial charge in [-0.2, -0.15) is 0 Å². The number of hydrogen-bond acceptors (Lipinski definition) is 4. The van der Waals surface area contributed by atoms with Crippen LogP contribution in [0.1, 0.15) is 5.56 Å². The maximum Gasteiger partial charge on any atom is 0.264 e. The van der Waals surface area contributed by atoms with Crippen molar-refractivity contribution in [2.45, 2.75) is 11.3 Å². The van der Waals surface area contributed by atoms with E-state index in [0.717, 1.165) is 11.3 Å². The molecule has 138 valence electrons. The van der Waals surface area contributed by atoms with Gasteiger partial charge in [0.15, 0.2) is 6.61 Å². The van der Waals surface area contributed by atoms with Crippen molar-refractivity contribution < 1.29 is 17.9 Å². The second-order valence-electron chi connectivity index (χ2n) is 6.12. The quantitative estimate of drug-likeness (QED) is 0.781. The first-order valence-electron chi connectivity index (χ1n) is 8.03. The minimum Gasteiger partial charge on any atom is -0.484 e. The molecule has 0 aromatic heterocycles. The van der Waals surface area contributed by atoms with Crippen LogP contribution in [0.3, 0.4) is 0 Å². The molecule has 0 saturated carbocycles. The van der Waals surface area contributed by atoms with Crippen LogP contribution in [0.4, 0.5) is 5.69 Å². The minimum atomic E-state index is -3.49. The molecule has 0 spiro atoms. The van der Waals surface area contributed by atoms with E-state index >= 15 is 0 Å². The Balaban J connectivity index is 1.74. The molecule has 6 nitrogen and oxygen atoms in total. The van der Waals surface area contributed by atoms with E-state index in [0.29, 0.717) is 23.7 Å². The molecule has 8 heteroatoms. The van der Waals surface area contributed by atoms with Gasteiger partial charge in [0.05, 0.1) is 4.90 Å². The van der Waals surface area contributed by atoms with Crippen LogP contribution < -0.4 is 9.64 Å². The third kappa shape index (κ3) is 3.70. The molecule has 3 rings (SSSR count). The van der Waals surface area contributed by atoms with E-state index in [2.05, 4.69) is 0 Å². The molecule has 0 saturated heterocycles. The van der Waals surface area contributed by atoms with Crippen LogP contribution in [0.15, 0.2) is 47.4 Å². The molecular formula is C18H19ClN2O4S. The third-order valence-corrected chi connectivity index (χ3v) is 6.23. The first kappa shape index (κ1) is 18.7. The summed E-state index contributed by atoms with van der Waals surface area (Å²) in [7, 11) is -0.511. The molecule has 2 aromatic carbocycles. The zero-order valence-corrected chi connectivity index (χ0v) is 16.0. The molecule has 1 heterocycles. The number of fused-ring (bicyclic) bond motifs is 1. The molecule has 1 aliphatic heterocycles. The SMILES string of the molecule is CN(C)S(=O)(=O)c1ccc2c(c1)CCN2C(=O)COc1cccc(Cl)c1. The lowest BCUT2D eigenvalue weighted by Gasteiger charge is -2.18. The van der Waals surface area contributed by atoms with Crippen molar-refractivity contribution in [3.05, 3.63) is 53.1 Å². The zero-order valence-electron chi connectivity index (χ0n) is 14.5. The summed E-state index contributed by atoms with van der Waals surface area (Å²) in [6.45, 7) is 0.385. The van der Waals surface area contributed by atoms with Crippen molar-refractivity contribution in [2.75, 3.05) is 32.1 Å². The molecule has 1 aliphatic rings. The summed E-state index contributed by atoms with van der Waals surface area (Å²) in [4.78, 5) is 14.3. The van der Waals surface area contributed by atoms with Crippen LogP contribution in [0, 0.1) is 0 Å². The number of anilines is 1. The predicted octanol–water partition coefficient (Wildman–Crippen LogP) is 2.56. The lowest BCUT2D eigenvalue weighted by Crippen LogP contribution is -2.33. The van der Waals surface area contributed by atoms with Crippen LogP contribution in [-0.4, -0.2) is 45.9 Å². The Morgan fingerprint density at radius 3 is 2.69 bits per heavy atom. The fraction of sp³-hybridized carbons (Fsp3) is 0.278. The summed E-state index contributed by atoms with van der Waals surface area (Å²) < 4.78 is 31.2. The first-order chi connectivity index (χ1) is 12.3. The molecule has 0 atom stereocenters. The minimum absolute atomic E-state index is 0.114. The topological polar surface area (TPSA) is 66.9 Å². The van der Waals surface area contributed by atoms with Gasteiger partial charge in [-0.1, -0.05) is 17.7 Å².